The summed E-state index contributed by atoms with van der Waals surface area (Å²) in [6, 6.07) is 0. The van der Waals surface area contributed by atoms with Crippen molar-refractivity contribution in [2.24, 2.45) is 5.92 Å². The third kappa shape index (κ3) is 4.96. The standard InChI is InChI=1S/C17H22N2S/c1-14-19-17(13-20-14)11-10-16(12-18)9-5-8-15-6-3-2-4-7-15/h5,9,12-13,15H,2-4,6-8,18H2,1H3/p+1/b9-5-,16-12+. The second kappa shape index (κ2) is 8.04. The number of rotatable bonds is 3. The number of aromatic nitrogens is 1. The number of thiazole rings is 1. The molecule has 1 aliphatic carbocycles. The van der Waals surface area contributed by atoms with E-state index in [0.717, 1.165) is 22.2 Å². The Morgan fingerprint density at radius 3 is 2.90 bits per heavy atom. The fourth-order valence-corrected chi connectivity index (χ4v) is 3.07. The van der Waals surface area contributed by atoms with Crippen LogP contribution in [0.1, 0.15) is 49.2 Å². The van der Waals surface area contributed by atoms with E-state index in [1.54, 1.807) is 11.3 Å². The van der Waals surface area contributed by atoms with Gasteiger partial charge in [0.25, 0.3) is 0 Å². The zero-order valence-corrected chi connectivity index (χ0v) is 13.0. The van der Waals surface area contributed by atoms with Crippen molar-refractivity contribution in [3.63, 3.8) is 0 Å². The highest BCUT2D eigenvalue weighted by Crippen LogP contribution is 2.26. The first-order valence-corrected chi connectivity index (χ1v) is 8.26. The molecule has 106 valence electrons. The Labute approximate surface area is 125 Å². The highest BCUT2D eigenvalue weighted by atomic mass is 32.1. The number of allylic oxidation sites excluding steroid dienone is 3. The van der Waals surface area contributed by atoms with Crippen LogP contribution >= 0.6 is 11.3 Å². The van der Waals surface area contributed by atoms with Crippen LogP contribution in [0, 0.1) is 24.7 Å². The predicted molar refractivity (Wildman–Crippen MR) is 85.0 cm³/mol. The van der Waals surface area contributed by atoms with E-state index in [1.165, 1.54) is 38.5 Å². The molecular weight excluding hydrogens is 264 g/mol. The van der Waals surface area contributed by atoms with E-state index in [1.807, 2.05) is 18.5 Å². The number of quaternary nitrogens is 1. The van der Waals surface area contributed by atoms with Crippen molar-refractivity contribution in [3.05, 3.63) is 40.0 Å². The molecule has 2 nitrogen and oxygen atoms in total. The summed E-state index contributed by atoms with van der Waals surface area (Å²) in [5, 5.41) is 3.05. The number of hydrogen-bond acceptors (Lipinski definition) is 2. The molecule has 0 amide bonds. The summed E-state index contributed by atoms with van der Waals surface area (Å²) in [7, 11) is 0. The molecule has 0 aliphatic heterocycles. The number of nitrogens with zero attached hydrogens (tertiary/aromatic N) is 1. The molecule has 1 saturated carbocycles. The lowest BCUT2D eigenvalue weighted by atomic mass is 9.87. The van der Waals surface area contributed by atoms with Crippen LogP contribution in [0.3, 0.4) is 0 Å². The van der Waals surface area contributed by atoms with Crippen LogP contribution in [0.25, 0.3) is 0 Å². The average Bonchev–Trinajstić information content (AvgIpc) is 2.89. The molecule has 1 fully saturated rings. The van der Waals surface area contributed by atoms with Gasteiger partial charge in [-0.1, -0.05) is 44.1 Å². The second-order valence-corrected chi connectivity index (χ2v) is 6.37. The molecule has 1 aliphatic rings. The van der Waals surface area contributed by atoms with Crippen molar-refractivity contribution >= 4 is 11.3 Å². The van der Waals surface area contributed by atoms with Gasteiger partial charge in [-0.15, -0.1) is 11.3 Å². The lowest BCUT2D eigenvalue weighted by molar-refractivity contribution is -0.275. The van der Waals surface area contributed by atoms with Gasteiger partial charge in [0.1, 0.15) is 11.9 Å². The zero-order valence-electron chi connectivity index (χ0n) is 12.2. The number of aryl methyl sites for hydroxylation is 1. The summed E-state index contributed by atoms with van der Waals surface area (Å²) in [4.78, 5) is 4.34. The summed E-state index contributed by atoms with van der Waals surface area (Å²) < 4.78 is 0. The van der Waals surface area contributed by atoms with Gasteiger partial charge in [0.2, 0.25) is 0 Å². The third-order valence-electron chi connectivity index (χ3n) is 3.67. The molecule has 0 unspecified atom stereocenters. The minimum absolute atomic E-state index is 0.854. The van der Waals surface area contributed by atoms with Crippen LogP contribution in [0.2, 0.25) is 0 Å². The van der Waals surface area contributed by atoms with Gasteiger partial charge in [0.15, 0.2) is 0 Å². The summed E-state index contributed by atoms with van der Waals surface area (Å²) in [5.74, 6) is 7.11. The van der Waals surface area contributed by atoms with Crippen molar-refractivity contribution < 1.29 is 5.73 Å². The Hall–Kier alpha value is -1.37. The Morgan fingerprint density at radius 2 is 2.25 bits per heavy atom. The van der Waals surface area contributed by atoms with Crippen LogP contribution in [0.4, 0.5) is 0 Å². The first-order chi connectivity index (χ1) is 9.78. The molecule has 0 spiro atoms. The smallest absolute Gasteiger partial charge is 0.124 e. The van der Waals surface area contributed by atoms with Crippen LogP contribution in [0.5, 0.6) is 0 Å². The topological polar surface area (TPSA) is 40.5 Å². The Morgan fingerprint density at radius 1 is 1.45 bits per heavy atom. The fourth-order valence-electron chi connectivity index (χ4n) is 2.53. The average molecular weight is 287 g/mol. The SMILES string of the molecule is Cc1nc(C#CC(/C=C\CC2CCCCC2)=C/[NH3+])cs1. The summed E-state index contributed by atoms with van der Waals surface area (Å²) in [6.45, 7) is 2.00. The maximum atomic E-state index is 4.34. The minimum atomic E-state index is 0.854. The van der Waals surface area contributed by atoms with Crippen molar-refractivity contribution in [3.8, 4) is 11.8 Å². The zero-order chi connectivity index (χ0) is 14.2. The van der Waals surface area contributed by atoms with E-state index in [0.29, 0.717) is 0 Å². The minimum Gasteiger partial charge on any atom is -0.330 e. The molecule has 1 aromatic heterocycles. The van der Waals surface area contributed by atoms with Gasteiger partial charge in [-0.25, -0.2) is 4.98 Å². The molecule has 0 aromatic carbocycles. The maximum absolute atomic E-state index is 4.34. The lowest BCUT2D eigenvalue weighted by Gasteiger charge is -2.19. The predicted octanol–water partition coefficient (Wildman–Crippen LogP) is 3.46. The first kappa shape index (κ1) is 15.0. The third-order valence-corrected chi connectivity index (χ3v) is 4.44. The summed E-state index contributed by atoms with van der Waals surface area (Å²) in [6.07, 6.45) is 14.4. The molecule has 0 bridgehead atoms. The quantitative estimate of drug-likeness (QED) is 0.671. The number of hydrogen-bond donors (Lipinski definition) is 1. The van der Waals surface area contributed by atoms with Gasteiger partial charge in [-0.3, -0.25) is 0 Å². The van der Waals surface area contributed by atoms with E-state index >= 15 is 0 Å². The van der Waals surface area contributed by atoms with E-state index < -0.39 is 0 Å². The van der Waals surface area contributed by atoms with Gasteiger partial charge in [-0.05, 0) is 31.3 Å². The summed E-state index contributed by atoms with van der Waals surface area (Å²) >= 11 is 1.63. The van der Waals surface area contributed by atoms with Crippen LogP contribution < -0.4 is 5.73 Å². The van der Waals surface area contributed by atoms with Gasteiger partial charge in [0.05, 0.1) is 10.6 Å². The second-order valence-electron chi connectivity index (χ2n) is 5.30. The molecule has 1 heterocycles. The lowest BCUT2D eigenvalue weighted by Crippen LogP contribution is -2.39. The van der Waals surface area contributed by atoms with Crippen molar-refractivity contribution in [1.82, 2.24) is 4.98 Å². The molecule has 2 rings (SSSR count). The largest absolute Gasteiger partial charge is 0.330 e. The van der Waals surface area contributed by atoms with Gasteiger partial charge < -0.3 is 5.73 Å². The normalized spacial score (nSPS) is 17.2. The monoisotopic (exact) mass is 287 g/mol. The van der Waals surface area contributed by atoms with E-state index in [2.05, 4.69) is 34.7 Å². The van der Waals surface area contributed by atoms with Gasteiger partial charge >= 0.3 is 0 Å². The van der Waals surface area contributed by atoms with Gasteiger partial charge in [-0.2, -0.15) is 0 Å². The van der Waals surface area contributed by atoms with E-state index in [9.17, 15) is 0 Å². The molecule has 1 aromatic rings. The van der Waals surface area contributed by atoms with Crippen LogP contribution in [0.15, 0.2) is 29.3 Å². The molecule has 0 radical (unpaired) electrons. The Kier molecular flexibility index (Phi) is 6.04. The highest BCUT2D eigenvalue weighted by molar-refractivity contribution is 7.09. The van der Waals surface area contributed by atoms with Crippen LogP contribution in [-0.4, -0.2) is 4.98 Å². The van der Waals surface area contributed by atoms with Crippen molar-refractivity contribution in [2.75, 3.05) is 0 Å². The molecule has 3 N–H and O–H groups in total. The molecular formula is C17H23N2S+. The first-order valence-electron chi connectivity index (χ1n) is 7.38. The Balaban J connectivity index is 1.87. The summed E-state index contributed by atoms with van der Waals surface area (Å²) in [5.41, 5.74) is 5.67. The van der Waals surface area contributed by atoms with E-state index in [-0.39, 0.29) is 0 Å². The van der Waals surface area contributed by atoms with Crippen LogP contribution in [-0.2, 0) is 0 Å². The van der Waals surface area contributed by atoms with E-state index in [4.69, 9.17) is 0 Å². The highest BCUT2D eigenvalue weighted by Gasteiger charge is 2.11. The Bertz CT molecular complexity index is 537. The molecule has 0 saturated heterocycles. The molecule has 0 atom stereocenters. The van der Waals surface area contributed by atoms with Crippen molar-refractivity contribution in [2.45, 2.75) is 45.4 Å². The fraction of sp³-hybridized carbons (Fsp3) is 0.471. The molecule has 3 heteroatoms. The van der Waals surface area contributed by atoms with Gasteiger partial charge in [0, 0.05) is 5.38 Å². The molecule has 20 heavy (non-hydrogen) atoms. The van der Waals surface area contributed by atoms with Crippen molar-refractivity contribution in [1.29, 1.82) is 0 Å². The maximum Gasteiger partial charge on any atom is 0.124 e.